The summed E-state index contributed by atoms with van der Waals surface area (Å²) in [7, 11) is 0. The third-order valence-electron chi connectivity index (χ3n) is 6.82. The van der Waals surface area contributed by atoms with Gasteiger partial charge in [0.15, 0.2) is 0 Å². The first kappa shape index (κ1) is 19.9. The zero-order valence-electron chi connectivity index (χ0n) is 19.2. The number of hydrogen-bond donors (Lipinski definition) is 0. The Hall–Kier alpha value is -3.06. The Kier molecular flexibility index (Phi) is 4.86. The average molecular weight is 400 g/mol. The van der Waals surface area contributed by atoms with Crippen LogP contribution in [-0.4, -0.2) is 6.71 Å². The minimum Gasteiger partial charge on any atom is -0.0686 e. The van der Waals surface area contributed by atoms with Crippen LogP contribution in [0.4, 0.5) is 0 Å². The summed E-state index contributed by atoms with van der Waals surface area (Å²) >= 11 is 0. The van der Waals surface area contributed by atoms with E-state index in [0.717, 1.165) is 6.42 Å². The van der Waals surface area contributed by atoms with Gasteiger partial charge in [-0.25, -0.2) is 0 Å². The van der Waals surface area contributed by atoms with Crippen molar-refractivity contribution in [1.82, 2.24) is 0 Å². The van der Waals surface area contributed by atoms with Crippen molar-refractivity contribution < 1.29 is 0 Å². The van der Waals surface area contributed by atoms with Gasteiger partial charge >= 0.3 is 0 Å². The minimum atomic E-state index is 0.298. The summed E-state index contributed by atoms with van der Waals surface area (Å²) in [4.78, 5) is 0. The molecule has 0 bridgehead atoms. The van der Waals surface area contributed by atoms with Crippen molar-refractivity contribution in [3.05, 3.63) is 112 Å². The largest absolute Gasteiger partial charge is 0.242 e. The molecule has 1 aliphatic heterocycles. The predicted molar refractivity (Wildman–Crippen MR) is 136 cm³/mol. The Bertz CT molecular complexity index is 1220. The third-order valence-corrected chi connectivity index (χ3v) is 6.82. The normalized spacial score (nSPS) is 12.5. The molecule has 0 nitrogen and oxygen atoms in total. The Balaban J connectivity index is 1.67. The molecule has 4 aromatic rings. The van der Waals surface area contributed by atoms with Crippen LogP contribution in [0.15, 0.2) is 72.8 Å². The molecule has 31 heavy (non-hydrogen) atoms. The average Bonchev–Trinajstić information content (AvgIpc) is 2.72. The van der Waals surface area contributed by atoms with Crippen molar-refractivity contribution in [3.8, 4) is 11.1 Å². The molecule has 0 aliphatic carbocycles. The molecule has 1 heteroatoms. The van der Waals surface area contributed by atoms with Gasteiger partial charge < -0.3 is 0 Å². The van der Waals surface area contributed by atoms with Gasteiger partial charge in [-0.15, -0.1) is 0 Å². The van der Waals surface area contributed by atoms with E-state index in [1.807, 2.05) is 0 Å². The van der Waals surface area contributed by atoms with E-state index < -0.39 is 0 Å². The first-order valence-corrected chi connectivity index (χ1v) is 11.3. The van der Waals surface area contributed by atoms with Crippen molar-refractivity contribution in [1.29, 1.82) is 0 Å². The van der Waals surface area contributed by atoms with E-state index in [1.165, 1.54) is 66.5 Å². The second-order valence-electron chi connectivity index (χ2n) is 9.41. The van der Waals surface area contributed by atoms with Gasteiger partial charge in [-0.2, -0.15) is 0 Å². The SMILES string of the molecule is Cc1ccc(-c2ccc(B3c4c(C)cc(C)cc4Cc4cc(C)cc(C)c43)cc2)cc1. The summed E-state index contributed by atoms with van der Waals surface area (Å²) in [5.74, 6) is 0. The zero-order valence-corrected chi connectivity index (χ0v) is 19.2. The van der Waals surface area contributed by atoms with Crippen molar-refractivity contribution in [3.63, 3.8) is 0 Å². The number of hydrogen-bond acceptors (Lipinski definition) is 0. The molecule has 4 aromatic carbocycles. The summed E-state index contributed by atoms with van der Waals surface area (Å²) < 4.78 is 0. The highest BCUT2D eigenvalue weighted by atomic mass is 14.2. The molecule has 0 aromatic heterocycles. The maximum atomic E-state index is 2.40. The lowest BCUT2D eigenvalue weighted by Gasteiger charge is -2.31. The van der Waals surface area contributed by atoms with E-state index in [-0.39, 0.29) is 0 Å². The standard InChI is InChI=1S/C30H29B/c1-19-6-8-24(9-7-19)25-10-12-28(13-11-25)31-29-22(4)14-20(2)16-26(29)18-27-17-21(3)15-23(5)30(27)31/h6-17H,18H2,1-5H3. The van der Waals surface area contributed by atoms with Crippen LogP contribution in [-0.2, 0) is 6.42 Å². The Morgan fingerprint density at radius 1 is 0.516 bits per heavy atom. The molecular formula is C30H29B. The van der Waals surface area contributed by atoms with Crippen LogP contribution in [0.25, 0.3) is 11.1 Å². The zero-order chi connectivity index (χ0) is 21.7. The van der Waals surface area contributed by atoms with Gasteiger partial charge in [0, 0.05) is 0 Å². The summed E-state index contributed by atoms with van der Waals surface area (Å²) in [6.07, 6.45) is 1.04. The van der Waals surface area contributed by atoms with Gasteiger partial charge in [0.25, 0.3) is 0 Å². The molecule has 0 saturated carbocycles. The molecule has 0 spiro atoms. The fourth-order valence-corrected chi connectivity index (χ4v) is 5.55. The van der Waals surface area contributed by atoms with E-state index in [0.29, 0.717) is 6.71 Å². The Morgan fingerprint density at radius 2 is 0.968 bits per heavy atom. The summed E-state index contributed by atoms with van der Waals surface area (Å²) in [6.45, 7) is 11.4. The molecule has 0 saturated heterocycles. The molecule has 0 radical (unpaired) electrons. The lowest BCUT2D eigenvalue weighted by atomic mass is 9.32. The van der Waals surface area contributed by atoms with Crippen LogP contribution in [0.1, 0.15) is 38.9 Å². The van der Waals surface area contributed by atoms with E-state index in [1.54, 1.807) is 0 Å². The highest BCUT2D eigenvalue weighted by molar-refractivity contribution is 6.97. The maximum absolute atomic E-state index is 2.40. The van der Waals surface area contributed by atoms with Gasteiger partial charge in [-0.3, -0.25) is 0 Å². The Morgan fingerprint density at radius 3 is 1.45 bits per heavy atom. The van der Waals surface area contributed by atoms with E-state index in [2.05, 4.69) is 107 Å². The third kappa shape index (κ3) is 3.53. The summed E-state index contributed by atoms with van der Waals surface area (Å²) in [5.41, 5.74) is 16.8. The van der Waals surface area contributed by atoms with Crippen molar-refractivity contribution >= 4 is 23.1 Å². The smallest absolute Gasteiger partial charge is 0.0686 e. The molecule has 0 amide bonds. The van der Waals surface area contributed by atoms with Crippen LogP contribution >= 0.6 is 0 Å². The van der Waals surface area contributed by atoms with E-state index in [9.17, 15) is 0 Å². The van der Waals surface area contributed by atoms with E-state index in [4.69, 9.17) is 0 Å². The molecule has 1 aliphatic rings. The maximum Gasteiger partial charge on any atom is 0.242 e. The van der Waals surface area contributed by atoms with Gasteiger partial charge in [-0.1, -0.05) is 117 Å². The van der Waals surface area contributed by atoms with Crippen molar-refractivity contribution in [2.24, 2.45) is 0 Å². The molecule has 0 atom stereocenters. The van der Waals surface area contributed by atoms with Crippen LogP contribution < -0.4 is 16.4 Å². The summed E-state index contributed by atoms with van der Waals surface area (Å²) in [6, 6.07) is 27.6. The number of benzene rings is 4. The number of fused-ring (bicyclic) bond motifs is 2. The highest BCUT2D eigenvalue weighted by Crippen LogP contribution is 2.22. The molecule has 0 N–H and O–H groups in total. The van der Waals surface area contributed by atoms with Gasteiger partial charge in [0.1, 0.15) is 0 Å². The molecular weight excluding hydrogens is 371 g/mol. The monoisotopic (exact) mass is 400 g/mol. The van der Waals surface area contributed by atoms with Gasteiger partial charge in [-0.05, 0) is 63.3 Å². The van der Waals surface area contributed by atoms with Crippen LogP contribution in [0.5, 0.6) is 0 Å². The fraction of sp³-hybridized carbons (Fsp3) is 0.200. The fourth-order valence-electron chi connectivity index (χ4n) is 5.55. The van der Waals surface area contributed by atoms with Crippen molar-refractivity contribution in [2.45, 2.75) is 41.0 Å². The quantitative estimate of drug-likeness (QED) is 0.352. The van der Waals surface area contributed by atoms with Gasteiger partial charge in [0.2, 0.25) is 6.71 Å². The molecule has 0 fully saturated rings. The highest BCUT2D eigenvalue weighted by Gasteiger charge is 2.33. The summed E-state index contributed by atoms with van der Waals surface area (Å²) in [5, 5.41) is 0. The molecule has 5 rings (SSSR count). The second kappa shape index (κ2) is 7.57. The number of aryl methyl sites for hydroxylation is 5. The lowest BCUT2D eigenvalue weighted by Crippen LogP contribution is -2.58. The number of rotatable bonds is 2. The van der Waals surface area contributed by atoms with Crippen LogP contribution in [0, 0.1) is 34.6 Å². The molecule has 152 valence electrons. The van der Waals surface area contributed by atoms with Crippen LogP contribution in [0.2, 0.25) is 0 Å². The van der Waals surface area contributed by atoms with Crippen molar-refractivity contribution in [2.75, 3.05) is 0 Å². The lowest BCUT2D eigenvalue weighted by molar-refractivity contribution is 1.16. The molecule has 1 heterocycles. The Labute approximate surface area is 187 Å². The second-order valence-corrected chi connectivity index (χ2v) is 9.41. The van der Waals surface area contributed by atoms with Crippen LogP contribution in [0.3, 0.4) is 0 Å². The topological polar surface area (TPSA) is 0 Å². The minimum absolute atomic E-state index is 0.298. The molecule has 0 unspecified atom stereocenters. The predicted octanol–water partition coefficient (Wildman–Crippen LogP) is 5.32. The van der Waals surface area contributed by atoms with E-state index >= 15 is 0 Å². The first-order chi connectivity index (χ1) is 14.9. The van der Waals surface area contributed by atoms with Gasteiger partial charge in [0.05, 0.1) is 0 Å². The first-order valence-electron chi connectivity index (χ1n) is 11.3.